The van der Waals surface area contributed by atoms with Gasteiger partial charge in [-0.2, -0.15) is 4.98 Å². The van der Waals surface area contributed by atoms with Crippen LogP contribution in [0.15, 0.2) is 0 Å². The lowest BCUT2D eigenvalue weighted by atomic mass is 10.4. The third-order valence-electron chi connectivity index (χ3n) is 2.08. The number of aromatic nitrogens is 4. The number of hydrogen-bond acceptors (Lipinski definition) is 5. The van der Waals surface area contributed by atoms with Gasteiger partial charge in [0.2, 0.25) is 0 Å². The van der Waals surface area contributed by atoms with Gasteiger partial charge in [0.1, 0.15) is 20.0 Å². The van der Waals surface area contributed by atoms with Crippen molar-refractivity contribution in [1.29, 1.82) is 0 Å². The van der Waals surface area contributed by atoms with Crippen LogP contribution in [0.5, 0.6) is 6.01 Å². The lowest BCUT2D eigenvalue weighted by Gasteiger charge is -2.01. The Hall–Kier alpha value is -1.62. The summed E-state index contributed by atoms with van der Waals surface area (Å²) in [6, 6.07) is 0.363. The van der Waals surface area contributed by atoms with Crippen LogP contribution in [-0.4, -0.2) is 27.0 Å². The van der Waals surface area contributed by atoms with Gasteiger partial charge >= 0.3 is 0 Å². The molecule has 0 aliphatic rings. The fourth-order valence-electron chi connectivity index (χ4n) is 1.34. The molecule has 2 N–H and O–H groups in total. The van der Waals surface area contributed by atoms with E-state index in [-0.39, 0.29) is 0 Å². The van der Waals surface area contributed by atoms with Crippen LogP contribution in [0, 0.1) is 0 Å². The summed E-state index contributed by atoms with van der Waals surface area (Å²) in [5.41, 5.74) is 1.12. The van der Waals surface area contributed by atoms with Crippen molar-refractivity contribution in [3.05, 3.63) is 5.82 Å². The molecule has 0 aromatic carbocycles. The molecule has 0 saturated carbocycles. The van der Waals surface area contributed by atoms with Gasteiger partial charge in [-0.05, 0) is 0 Å². The van der Waals surface area contributed by atoms with Crippen LogP contribution in [0.25, 0.3) is 11.2 Å². The summed E-state index contributed by atoms with van der Waals surface area (Å²) in [7, 11) is 0.389. The second kappa shape index (κ2) is 4.49. The summed E-state index contributed by atoms with van der Waals surface area (Å²) in [5, 5.41) is 2.71. The fraction of sp³-hybridized carbons (Fsp3) is 0.375. The van der Waals surface area contributed by atoms with Crippen LogP contribution >= 0.6 is 8.61 Å². The SMILES string of the molecule is CCc1nc(N[PH2]=O)c2[nH]c(OC)nc2n1. The summed E-state index contributed by atoms with van der Waals surface area (Å²) in [4.78, 5) is 15.5. The number of H-pyrrole nitrogens is 1. The van der Waals surface area contributed by atoms with Crippen LogP contribution in [0.1, 0.15) is 12.7 Å². The van der Waals surface area contributed by atoms with Crippen molar-refractivity contribution in [1.82, 2.24) is 19.9 Å². The summed E-state index contributed by atoms with van der Waals surface area (Å²) in [6.45, 7) is 1.94. The van der Waals surface area contributed by atoms with Crippen molar-refractivity contribution in [2.75, 3.05) is 12.2 Å². The molecule has 0 radical (unpaired) electrons. The number of imidazole rings is 1. The third-order valence-corrected chi connectivity index (χ3v) is 2.47. The zero-order valence-electron chi connectivity index (χ0n) is 8.94. The van der Waals surface area contributed by atoms with E-state index in [1.165, 1.54) is 7.11 Å². The van der Waals surface area contributed by atoms with E-state index in [0.29, 0.717) is 35.2 Å². The Labute approximate surface area is 92.9 Å². The van der Waals surface area contributed by atoms with Gasteiger partial charge in [0.05, 0.1) is 7.11 Å². The average Bonchev–Trinajstić information content (AvgIpc) is 2.72. The molecule has 8 heteroatoms. The highest BCUT2D eigenvalue weighted by atomic mass is 31.1. The Balaban J connectivity index is 2.63. The summed E-state index contributed by atoms with van der Waals surface area (Å²) >= 11 is 0. The third kappa shape index (κ3) is 1.86. The Morgan fingerprint density at radius 3 is 2.88 bits per heavy atom. The largest absolute Gasteiger partial charge is 0.468 e. The molecule has 0 saturated heterocycles. The molecule has 0 fully saturated rings. The molecule has 7 nitrogen and oxygen atoms in total. The quantitative estimate of drug-likeness (QED) is 0.776. The van der Waals surface area contributed by atoms with Crippen LogP contribution in [-0.2, 0) is 11.0 Å². The van der Waals surface area contributed by atoms with Gasteiger partial charge in [0.15, 0.2) is 11.5 Å². The summed E-state index contributed by atoms with van der Waals surface area (Å²) in [6.07, 6.45) is 0.688. The number of methoxy groups -OCH3 is 1. The Morgan fingerprint density at radius 2 is 2.25 bits per heavy atom. The predicted octanol–water partition coefficient (Wildman–Crippen LogP) is 1.01. The van der Waals surface area contributed by atoms with Crippen molar-refractivity contribution >= 4 is 25.6 Å². The summed E-state index contributed by atoms with van der Waals surface area (Å²) < 4.78 is 15.6. The van der Waals surface area contributed by atoms with Crippen molar-refractivity contribution < 1.29 is 9.30 Å². The molecular weight excluding hydrogens is 229 g/mol. The number of ether oxygens (including phenoxy) is 1. The first-order valence-corrected chi connectivity index (χ1v) is 5.84. The van der Waals surface area contributed by atoms with E-state index in [2.05, 4.69) is 25.0 Å². The molecule has 0 aliphatic carbocycles. The van der Waals surface area contributed by atoms with E-state index in [9.17, 15) is 4.57 Å². The molecule has 1 unspecified atom stereocenters. The number of anilines is 1. The van der Waals surface area contributed by atoms with E-state index < -0.39 is 8.61 Å². The Morgan fingerprint density at radius 1 is 1.44 bits per heavy atom. The minimum absolute atomic E-state index is 0.363. The molecule has 2 heterocycles. The molecule has 1 atom stereocenters. The number of hydrogen-bond donors (Lipinski definition) is 2. The topological polar surface area (TPSA) is 92.8 Å². The van der Waals surface area contributed by atoms with Crippen LogP contribution in [0.4, 0.5) is 5.82 Å². The van der Waals surface area contributed by atoms with Gasteiger partial charge in [0, 0.05) is 6.42 Å². The minimum Gasteiger partial charge on any atom is -0.468 e. The molecule has 2 aromatic rings. The van der Waals surface area contributed by atoms with E-state index in [0.717, 1.165) is 0 Å². The molecule has 2 aromatic heterocycles. The molecule has 16 heavy (non-hydrogen) atoms. The zero-order chi connectivity index (χ0) is 11.5. The number of aryl methyl sites for hydroxylation is 1. The van der Waals surface area contributed by atoms with Gasteiger partial charge < -0.3 is 19.4 Å². The molecule has 86 valence electrons. The molecule has 0 aliphatic heterocycles. The molecule has 0 amide bonds. The van der Waals surface area contributed by atoms with Crippen molar-refractivity contribution in [3.8, 4) is 6.01 Å². The first kappa shape index (κ1) is 10.9. The van der Waals surface area contributed by atoms with Crippen molar-refractivity contribution in [3.63, 3.8) is 0 Å². The predicted molar refractivity (Wildman–Crippen MR) is 61.6 cm³/mol. The summed E-state index contributed by atoms with van der Waals surface area (Å²) in [5.74, 6) is 1.15. The van der Waals surface area contributed by atoms with Gasteiger partial charge in [-0.1, -0.05) is 6.92 Å². The first-order valence-electron chi connectivity index (χ1n) is 4.79. The highest BCUT2D eigenvalue weighted by Crippen LogP contribution is 2.22. The normalized spacial score (nSPS) is 11.4. The highest BCUT2D eigenvalue weighted by molar-refractivity contribution is 7.25. The van der Waals surface area contributed by atoms with Crippen molar-refractivity contribution in [2.45, 2.75) is 13.3 Å². The molecular formula is C8H12N5O2P. The van der Waals surface area contributed by atoms with Gasteiger partial charge in [0.25, 0.3) is 6.01 Å². The number of nitrogens with one attached hydrogen (secondary N) is 2. The second-order valence-corrected chi connectivity index (χ2v) is 3.57. The van der Waals surface area contributed by atoms with E-state index in [1.807, 2.05) is 6.92 Å². The standard InChI is InChI=1S/C8H12N5O2P/c1-3-4-9-6-5(7(10-4)13-16-14)11-8(12-6)15-2/h3,16H2,1-2H3,(H2,9,10,11,12,13,14). The van der Waals surface area contributed by atoms with Gasteiger partial charge in [-0.3, -0.25) is 0 Å². The molecule has 0 spiro atoms. The zero-order valence-corrected chi connectivity index (χ0v) is 10.1. The van der Waals surface area contributed by atoms with E-state index in [1.54, 1.807) is 0 Å². The minimum atomic E-state index is -1.12. The average molecular weight is 241 g/mol. The maximum Gasteiger partial charge on any atom is 0.295 e. The maximum absolute atomic E-state index is 10.7. The number of aromatic amines is 1. The second-order valence-electron chi connectivity index (χ2n) is 3.05. The number of rotatable bonds is 4. The van der Waals surface area contributed by atoms with Crippen molar-refractivity contribution in [2.24, 2.45) is 0 Å². The van der Waals surface area contributed by atoms with Crippen LogP contribution in [0.3, 0.4) is 0 Å². The monoisotopic (exact) mass is 241 g/mol. The smallest absolute Gasteiger partial charge is 0.295 e. The molecule has 2 rings (SSSR count). The van der Waals surface area contributed by atoms with Gasteiger partial charge in [-0.25, -0.2) is 9.97 Å². The van der Waals surface area contributed by atoms with Crippen LogP contribution in [0.2, 0.25) is 0 Å². The lowest BCUT2D eigenvalue weighted by molar-refractivity contribution is 0.386. The van der Waals surface area contributed by atoms with Gasteiger partial charge in [-0.15, -0.1) is 0 Å². The number of fused-ring (bicyclic) bond motifs is 1. The highest BCUT2D eigenvalue weighted by Gasteiger charge is 2.11. The Bertz CT molecular complexity index is 526. The lowest BCUT2D eigenvalue weighted by Crippen LogP contribution is -1.97. The first-order chi connectivity index (χ1) is 7.78. The number of nitrogens with zero attached hydrogens (tertiary/aromatic N) is 3. The van der Waals surface area contributed by atoms with E-state index >= 15 is 0 Å². The van der Waals surface area contributed by atoms with Crippen LogP contribution < -0.4 is 9.82 Å². The maximum atomic E-state index is 10.7. The Kier molecular flexibility index (Phi) is 3.05. The van der Waals surface area contributed by atoms with E-state index in [4.69, 9.17) is 4.74 Å². The molecule has 0 bridgehead atoms. The fourth-order valence-corrected chi connectivity index (χ4v) is 1.66.